The number of fused-ring (bicyclic) bond motifs is 4. The summed E-state index contributed by atoms with van der Waals surface area (Å²) in [5.41, 5.74) is 8.38. The van der Waals surface area contributed by atoms with E-state index in [1.165, 1.54) is 16.2 Å². The molecule has 2 N–H and O–H groups in total. The van der Waals surface area contributed by atoms with Crippen molar-refractivity contribution < 1.29 is 19.4 Å². The van der Waals surface area contributed by atoms with E-state index in [4.69, 9.17) is 14.7 Å². The van der Waals surface area contributed by atoms with Gasteiger partial charge in [0.25, 0.3) is 5.91 Å². The zero-order chi connectivity index (χ0) is 33.2. The molecule has 1 aromatic carbocycles. The first-order valence-corrected chi connectivity index (χ1v) is 16.4. The fraction of sp³-hybridized carbons (Fsp3) is 0.444. The van der Waals surface area contributed by atoms with Gasteiger partial charge in [0.15, 0.2) is 0 Å². The quantitative estimate of drug-likeness (QED) is 0.287. The summed E-state index contributed by atoms with van der Waals surface area (Å²) in [5.74, 6) is 0.189. The largest absolute Gasteiger partial charge is 0.443 e. The second-order valence-electron chi connectivity index (χ2n) is 14.2. The van der Waals surface area contributed by atoms with Crippen molar-refractivity contribution in [2.75, 3.05) is 37.4 Å². The molecule has 1 fully saturated rings. The van der Waals surface area contributed by atoms with E-state index in [-0.39, 0.29) is 12.6 Å². The van der Waals surface area contributed by atoms with Crippen LogP contribution in [-0.4, -0.2) is 80.3 Å². The maximum Gasteiger partial charge on any atom is 0.417 e. The number of rotatable bonds is 6. The maximum atomic E-state index is 14.2. The number of ether oxygens (including phenoxy) is 1. The Morgan fingerprint density at radius 3 is 2.64 bits per heavy atom. The van der Waals surface area contributed by atoms with Crippen LogP contribution in [0.25, 0.3) is 22.2 Å². The van der Waals surface area contributed by atoms with Gasteiger partial charge in [-0.1, -0.05) is 6.07 Å². The number of aryl methyl sites for hydroxylation is 2. The average Bonchev–Trinajstić information content (AvgIpc) is 3.78. The molecule has 0 bridgehead atoms. The molecule has 3 aromatic heterocycles. The standard InChI is InChI=1S/C36H43N7O4/c1-36(2,3)47-35(46)43-19-25-22(23-14-16-37-33-31(23)24-8-7-9-28(24)41(33)6)10-11-26(32(25)34(43)45)38-30-13-12-29(27(39-30)20-40(4)5)42-17-15-21(44)18-42/h10-14,16,21,44H,7-9,15,17-20H2,1-6H3,(H,38,39)/t21-/m1/s1. The highest BCUT2D eigenvalue weighted by molar-refractivity contribution is 6.12. The average molecular weight is 638 g/mol. The Bertz CT molecular complexity index is 1910. The number of hydrogen-bond donors (Lipinski definition) is 2. The Balaban J connectivity index is 1.33. The number of pyridine rings is 2. The van der Waals surface area contributed by atoms with E-state index in [1.54, 1.807) is 20.8 Å². The van der Waals surface area contributed by atoms with Gasteiger partial charge >= 0.3 is 6.09 Å². The van der Waals surface area contributed by atoms with Crippen molar-refractivity contribution in [1.29, 1.82) is 0 Å². The van der Waals surface area contributed by atoms with Crippen LogP contribution in [-0.2, 0) is 37.7 Å². The molecule has 0 unspecified atom stereocenters. The van der Waals surface area contributed by atoms with E-state index in [0.29, 0.717) is 30.2 Å². The summed E-state index contributed by atoms with van der Waals surface area (Å²) < 4.78 is 7.87. The van der Waals surface area contributed by atoms with Crippen LogP contribution in [0.4, 0.5) is 22.0 Å². The highest BCUT2D eigenvalue weighted by Gasteiger charge is 2.39. The van der Waals surface area contributed by atoms with Crippen LogP contribution in [0.15, 0.2) is 36.5 Å². The van der Waals surface area contributed by atoms with E-state index < -0.39 is 17.6 Å². The fourth-order valence-electron chi connectivity index (χ4n) is 7.33. The number of aliphatic hydroxyl groups is 1. The van der Waals surface area contributed by atoms with Gasteiger partial charge in [0.2, 0.25) is 0 Å². The van der Waals surface area contributed by atoms with Gasteiger partial charge < -0.3 is 29.5 Å². The van der Waals surface area contributed by atoms with Gasteiger partial charge in [-0.3, -0.25) is 4.79 Å². The second kappa shape index (κ2) is 11.6. The molecule has 47 heavy (non-hydrogen) atoms. The molecule has 7 rings (SSSR count). The summed E-state index contributed by atoms with van der Waals surface area (Å²) in [6, 6.07) is 9.91. The molecular formula is C36H43N7O4. The third-order valence-electron chi connectivity index (χ3n) is 9.32. The molecule has 0 radical (unpaired) electrons. The minimum absolute atomic E-state index is 0.0995. The number of β-amino-alcohol motifs (C(OH)–C–C–N with tert-alkyl or cyclic N) is 1. The maximum absolute atomic E-state index is 14.2. The van der Waals surface area contributed by atoms with E-state index >= 15 is 0 Å². The van der Waals surface area contributed by atoms with Crippen molar-refractivity contribution in [3.05, 3.63) is 64.6 Å². The third kappa shape index (κ3) is 5.61. The lowest BCUT2D eigenvalue weighted by molar-refractivity contribution is 0.0248. The Kier molecular flexibility index (Phi) is 7.71. The first kappa shape index (κ1) is 31.1. The van der Waals surface area contributed by atoms with E-state index in [0.717, 1.165) is 71.3 Å². The predicted octanol–water partition coefficient (Wildman–Crippen LogP) is 5.39. The van der Waals surface area contributed by atoms with Gasteiger partial charge in [-0.2, -0.15) is 0 Å². The molecule has 1 saturated heterocycles. The highest BCUT2D eigenvalue weighted by Crippen LogP contribution is 2.43. The summed E-state index contributed by atoms with van der Waals surface area (Å²) in [5, 5.41) is 14.7. The van der Waals surface area contributed by atoms with Crippen molar-refractivity contribution in [2.45, 2.75) is 71.2 Å². The summed E-state index contributed by atoms with van der Waals surface area (Å²) in [7, 11) is 6.07. The number of aliphatic hydroxyl groups excluding tert-OH is 1. The lowest BCUT2D eigenvalue weighted by atomic mass is 9.93. The molecule has 1 aliphatic carbocycles. The normalized spacial score (nSPS) is 17.6. The van der Waals surface area contributed by atoms with Crippen molar-refractivity contribution in [3.63, 3.8) is 0 Å². The minimum Gasteiger partial charge on any atom is -0.443 e. The van der Waals surface area contributed by atoms with E-state index in [2.05, 4.69) is 26.7 Å². The van der Waals surface area contributed by atoms with Gasteiger partial charge in [-0.15, -0.1) is 0 Å². The topological polar surface area (TPSA) is 116 Å². The van der Waals surface area contributed by atoms with Crippen LogP contribution in [0.1, 0.15) is 66.5 Å². The Morgan fingerprint density at radius 1 is 1.11 bits per heavy atom. The third-order valence-corrected chi connectivity index (χ3v) is 9.32. The number of anilines is 3. The SMILES string of the molecule is CN(C)Cc1nc(Nc2ccc(-c3ccnc4c3c3c(n4C)CCC3)c3c2C(=O)N(C(=O)OC(C)(C)C)C3)ccc1N1CC[C@@H](O)C1. The number of nitrogens with one attached hydrogen (secondary N) is 1. The summed E-state index contributed by atoms with van der Waals surface area (Å²) in [6.45, 7) is 7.44. The molecule has 2 aliphatic heterocycles. The molecule has 1 atom stereocenters. The molecule has 246 valence electrons. The van der Waals surface area contributed by atoms with Crippen LogP contribution >= 0.6 is 0 Å². The predicted molar refractivity (Wildman–Crippen MR) is 182 cm³/mol. The van der Waals surface area contributed by atoms with Crippen molar-refractivity contribution in [1.82, 2.24) is 24.3 Å². The van der Waals surface area contributed by atoms with E-state index in [9.17, 15) is 14.7 Å². The number of nitrogens with zero attached hydrogens (tertiary/aromatic N) is 6. The number of amides is 2. The Labute approximate surface area is 275 Å². The fourth-order valence-corrected chi connectivity index (χ4v) is 7.33. The lowest BCUT2D eigenvalue weighted by Gasteiger charge is -2.23. The molecule has 5 heterocycles. The number of aromatic nitrogens is 3. The van der Waals surface area contributed by atoms with Gasteiger partial charge in [0.05, 0.1) is 35.3 Å². The van der Waals surface area contributed by atoms with Crippen LogP contribution in [0.5, 0.6) is 0 Å². The van der Waals surface area contributed by atoms with Gasteiger partial charge in [-0.25, -0.2) is 19.7 Å². The van der Waals surface area contributed by atoms with Gasteiger partial charge in [-0.05, 0) is 107 Å². The molecule has 0 saturated carbocycles. The smallest absolute Gasteiger partial charge is 0.417 e. The number of hydrogen-bond acceptors (Lipinski definition) is 9. The van der Waals surface area contributed by atoms with Gasteiger partial charge in [0, 0.05) is 44.0 Å². The van der Waals surface area contributed by atoms with E-state index in [1.807, 2.05) is 50.6 Å². The minimum atomic E-state index is -0.752. The van der Waals surface area contributed by atoms with Crippen molar-refractivity contribution >= 4 is 40.2 Å². The zero-order valence-electron chi connectivity index (χ0n) is 28.1. The number of imide groups is 1. The van der Waals surface area contributed by atoms with Crippen LogP contribution in [0.3, 0.4) is 0 Å². The zero-order valence-corrected chi connectivity index (χ0v) is 28.1. The molecule has 4 aromatic rings. The number of carbonyl (C=O) groups is 2. The second-order valence-corrected chi connectivity index (χ2v) is 14.2. The van der Waals surface area contributed by atoms with Crippen molar-refractivity contribution in [3.8, 4) is 11.1 Å². The van der Waals surface area contributed by atoms with Crippen LogP contribution < -0.4 is 10.2 Å². The lowest BCUT2D eigenvalue weighted by Crippen LogP contribution is -2.37. The Morgan fingerprint density at radius 2 is 1.91 bits per heavy atom. The molecule has 3 aliphatic rings. The van der Waals surface area contributed by atoms with Crippen LogP contribution in [0, 0.1) is 0 Å². The first-order chi connectivity index (χ1) is 22.4. The number of carbonyl (C=O) groups excluding carboxylic acids is 2. The summed E-state index contributed by atoms with van der Waals surface area (Å²) in [4.78, 5) is 42.7. The first-order valence-electron chi connectivity index (χ1n) is 16.4. The summed E-state index contributed by atoms with van der Waals surface area (Å²) in [6.07, 6.45) is 4.65. The molecule has 11 heteroatoms. The van der Waals surface area contributed by atoms with Gasteiger partial charge in [0.1, 0.15) is 17.1 Å². The molecule has 2 amide bonds. The summed E-state index contributed by atoms with van der Waals surface area (Å²) >= 11 is 0. The van der Waals surface area contributed by atoms with Crippen LogP contribution in [0.2, 0.25) is 0 Å². The monoisotopic (exact) mass is 637 g/mol. The molecule has 11 nitrogen and oxygen atoms in total. The highest BCUT2D eigenvalue weighted by atomic mass is 16.6. The molecule has 0 spiro atoms. The van der Waals surface area contributed by atoms with Crippen molar-refractivity contribution in [2.24, 2.45) is 7.05 Å². The molecular weight excluding hydrogens is 594 g/mol. The Hall–Kier alpha value is -4.48. The number of benzene rings is 1.